The third-order valence-corrected chi connectivity index (χ3v) is 5.63. The first kappa shape index (κ1) is 18.6. The highest BCUT2D eigenvalue weighted by atomic mass is 32.2. The largest absolute Gasteiger partial charge is 0.493 e. The van der Waals surface area contributed by atoms with Crippen LogP contribution in [0.25, 0.3) is 0 Å². The van der Waals surface area contributed by atoms with E-state index < -0.39 is 0 Å². The fourth-order valence-corrected chi connectivity index (χ4v) is 3.96. The minimum Gasteiger partial charge on any atom is -0.493 e. The second-order valence-corrected chi connectivity index (χ2v) is 7.52. The number of furan rings is 1. The highest BCUT2D eigenvalue weighted by molar-refractivity contribution is 7.98. The second kappa shape index (κ2) is 8.10. The van der Waals surface area contributed by atoms with E-state index in [2.05, 4.69) is 10.3 Å². The molecule has 8 heteroatoms. The molecule has 0 spiro atoms. The van der Waals surface area contributed by atoms with E-state index in [1.165, 1.54) is 23.9 Å². The number of carbonyl (C=O) groups excluding carboxylic acids is 1. The lowest BCUT2D eigenvalue weighted by atomic mass is 10.0. The molecule has 0 bridgehead atoms. The molecule has 1 amide bonds. The fourth-order valence-electron chi connectivity index (χ4n) is 3.13. The van der Waals surface area contributed by atoms with Crippen LogP contribution in [0.3, 0.4) is 0 Å². The van der Waals surface area contributed by atoms with E-state index in [1.807, 2.05) is 17.8 Å². The molecule has 1 unspecified atom stereocenters. The normalized spacial score (nSPS) is 16.1. The van der Waals surface area contributed by atoms with Crippen molar-refractivity contribution in [3.8, 4) is 5.75 Å². The maximum atomic E-state index is 13.7. The number of benzene rings is 1. The van der Waals surface area contributed by atoms with Crippen LogP contribution in [0.2, 0.25) is 0 Å². The Morgan fingerprint density at radius 1 is 1.39 bits per heavy atom. The molecule has 3 heterocycles. The molecule has 146 valence electrons. The Balaban J connectivity index is 1.44. The number of halogens is 1. The van der Waals surface area contributed by atoms with Gasteiger partial charge in [0.1, 0.15) is 17.3 Å². The lowest BCUT2D eigenvalue weighted by Gasteiger charge is -2.17. The first-order valence-corrected chi connectivity index (χ1v) is 10.0. The van der Waals surface area contributed by atoms with Crippen LogP contribution in [0.1, 0.15) is 40.8 Å². The van der Waals surface area contributed by atoms with E-state index in [0.717, 1.165) is 11.6 Å². The van der Waals surface area contributed by atoms with Crippen molar-refractivity contribution in [2.75, 3.05) is 6.61 Å². The van der Waals surface area contributed by atoms with Gasteiger partial charge in [-0.2, -0.15) is 0 Å². The number of nitrogens with one attached hydrogen (secondary N) is 1. The molecular formula is C20H20FN3O3S. The number of hydrogen-bond acceptors (Lipinski definition) is 5. The van der Waals surface area contributed by atoms with E-state index in [4.69, 9.17) is 9.15 Å². The Labute approximate surface area is 166 Å². The van der Waals surface area contributed by atoms with Gasteiger partial charge >= 0.3 is 0 Å². The molecule has 0 saturated heterocycles. The zero-order valence-corrected chi connectivity index (χ0v) is 16.2. The maximum Gasteiger partial charge on any atom is 0.287 e. The summed E-state index contributed by atoms with van der Waals surface area (Å²) < 4.78 is 27.0. The first-order valence-electron chi connectivity index (χ1n) is 9.02. The minimum atomic E-state index is -0.352. The van der Waals surface area contributed by atoms with Crippen LogP contribution < -0.4 is 10.1 Å². The number of rotatable bonds is 5. The molecular weight excluding hydrogens is 381 g/mol. The van der Waals surface area contributed by atoms with E-state index in [1.54, 1.807) is 24.4 Å². The molecule has 0 radical (unpaired) electrons. The van der Waals surface area contributed by atoms with Gasteiger partial charge in [-0.15, -0.1) is 0 Å². The summed E-state index contributed by atoms with van der Waals surface area (Å²) in [5.74, 6) is 1.43. The van der Waals surface area contributed by atoms with Crippen LogP contribution in [-0.4, -0.2) is 22.1 Å². The van der Waals surface area contributed by atoms with Crippen molar-refractivity contribution in [2.24, 2.45) is 7.05 Å². The number of hydrogen-bond donors (Lipinski definition) is 1. The van der Waals surface area contributed by atoms with Gasteiger partial charge in [-0.1, -0.05) is 11.8 Å². The van der Waals surface area contributed by atoms with Gasteiger partial charge in [0.15, 0.2) is 10.9 Å². The Morgan fingerprint density at radius 3 is 3.11 bits per heavy atom. The van der Waals surface area contributed by atoms with Crippen LogP contribution >= 0.6 is 11.8 Å². The topological polar surface area (TPSA) is 69.3 Å². The van der Waals surface area contributed by atoms with Crippen molar-refractivity contribution in [3.05, 3.63) is 65.6 Å². The number of amides is 1. The van der Waals surface area contributed by atoms with Gasteiger partial charge in [-0.05, 0) is 43.2 Å². The molecule has 0 fully saturated rings. The predicted octanol–water partition coefficient (Wildman–Crippen LogP) is 4.09. The number of imidazole rings is 1. The van der Waals surface area contributed by atoms with Crippen LogP contribution in [0.15, 0.2) is 52.3 Å². The van der Waals surface area contributed by atoms with Crippen LogP contribution in [0.5, 0.6) is 5.75 Å². The van der Waals surface area contributed by atoms with Gasteiger partial charge in [0.2, 0.25) is 0 Å². The Bertz CT molecular complexity index is 985. The molecule has 3 aromatic rings. The summed E-state index contributed by atoms with van der Waals surface area (Å²) in [6.07, 6.45) is 5.05. The molecule has 6 nitrogen and oxygen atoms in total. The van der Waals surface area contributed by atoms with Crippen LogP contribution in [0, 0.1) is 5.82 Å². The summed E-state index contributed by atoms with van der Waals surface area (Å²) in [6.45, 7) is 0.542. The Morgan fingerprint density at radius 2 is 2.29 bits per heavy atom. The van der Waals surface area contributed by atoms with Crippen molar-refractivity contribution in [2.45, 2.75) is 29.8 Å². The van der Waals surface area contributed by atoms with Crippen molar-refractivity contribution in [1.82, 2.24) is 14.9 Å². The lowest BCUT2D eigenvalue weighted by Crippen LogP contribution is -2.28. The molecule has 1 aliphatic heterocycles. The number of ether oxygens (including phenoxy) is 1. The lowest BCUT2D eigenvalue weighted by molar-refractivity contribution is 0.0905. The molecule has 1 atom stereocenters. The van der Waals surface area contributed by atoms with Crippen molar-refractivity contribution in [1.29, 1.82) is 0 Å². The highest BCUT2D eigenvalue weighted by Crippen LogP contribution is 2.32. The number of aromatic nitrogens is 2. The Hall–Kier alpha value is -2.74. The predicted molar refractivity (Wildman–Crippen MR) is 103 cm³/mol. The third-order valence-electron chi connectivity index (χ3n) is 4.55. The first-order chi connectivity index (χ1) is 13.6. The van der Waals surface area contributed by atoms with E-state index in [-0.39, 0.29) is 23.5 Å². The van der Waals surface area contributed by atoms with Gasteiger partial charge in [0, 0.05) is 25.0 Å². The average Bonchev–Trinajstić information content (AvgIpc) is 3.27. The van der Waals surface area contributed by atoms with Crippen LogP contribution in [-0.2, 0) is 12.8 Å². The minimum absolute atomic E-state index is 0.235. The number of fused-ring (bicyclic) bond motifs is 1. The number of nitrogens with zero attached hydrogens (tertiary/aromatic N) is 2. The summed E-state index contributed by atoms with van der Waals surface area (Å²) in [7, 11) is 1.92. The SMILES string of the molecule is Cn1ccnc1SCc1ccc(C(=O)NC2CCCOc3ccc(F)cc32)o1. The fraction of sp³-hybridized carbons (Fsp3) is 0.300. The summed E-state index contributed by atoms with van der Waals surface area (Å²) >= 11 is 1.53. The van der Waals surface area contributed by atoms with Gasteiger partial charge in [0.25, 0.3) is 5.91 Å². The molecule has 0 saturated carbocycles. The van der Waals surface area contributed by atoms with E-state index in [0.29, 0.717) is 35.9 Å². The number of aryl methyl sites for hydroxylation is 1. The highest BCUT2D eigenvalue weighted by Gasteiger charge is 2.24. The van der Waals surface area contributed by atoms with Gasteiger partial charge in [-0.3, -0.25) is 4.79 Å². The van der Waals surface area contributed by atoms with E-state index >= 15 is 0 Å². The molecule has 4 rings (SSSR count). The molecule has 0 aliphatic carbocycles. The monoisotopic (exact) mass is 401 g/mol. The summed E-state index contributed by atoms with van der Waals surface area (Å²) in [4.78, 5) is 16.9. The standard InChI is InChI=1S/C20H20FN3O3S/c1-24-9-8-22-20(24)28-12-14-5-7-18(27-14)19(25)23-16-3-2-10-26-17-6-4-13(21)11-15(16)17/h4-9,11,16H,2-3,10,12H2,1H3,(H,23,25). The van der Waals surface area contributed by atoms with Crippen molar-refractivity contribution in [3.63, 3.8) is 0 Å². The summed E-state index contributed by atoms with van der Waals surface area (Å²) in [5.41, 5.74) is 0.656. The van der Waals surface area contributed by atoms with Crippen molar-refractivity contribution >= 4 is 17.7 Å². The zero-order valence-electron chi connectivity index (χ0n) is 15.4. The third kappa shape index (κ3) is 4.06. The smallest absolute Gasteiger partial charge is 0.287 e. The Kier molecular flexibility index (Phi) is 5.38. The van der Waals surface area contributed by atoms with Gasteiger partial charge in [-0.25, -0.2) is 9.37 Å². The second-order valence-electron chi connectivity index (χ2n) is 6.57. The van der Waals surface area contributed by atoms with Crippen molar-refractivity contribution < 1.29 is 18.3 Å². The number of thioether (sulfide) groups is 1. The molecule has 1 N–H and O–H groups in total. The summed E-state index contributed by atoms with van der Waals surface area (Å²) in [5, 5.41) is 3.82. The zero-order chi connectivity index (χ0) is 19.5. The van der Waals surface area contributed by atoms with Crippen LogP contribution in [0.4, 0.5) is 4.39 Å². The van der Waals surface area contributed by atoms with Gasteiger partial charge in [0.05, 0.1) is 18.4 Å². The molecule has 1 aliphatic rings. The number of carbonyl (C=O) groups is 1. The average molecular weight is 401 g/mol. The quantitative estimate of drug-likeness (QED) is 0.652. The van der Waals surface area contributed by atoms with E-state index in [9.17, 15) is 9.18 Å². The maximum absolute atomic E-state index is 13.7. The van der Waals surface area contributed by atoms with Gasteiger partial charge < -0.3 is 19.0 Å². The molecule has 1 aromatic carbocycles. The molecule has 2 aromatic heterocycles. The molecule has 28 heavy (non-hydrogen) atoms. The summed E-state index contributed by atoms with van der Waals surface area (Å²) in [6, 6.07) is 7.51.